The summed E-state index contributed by atoms with van der Waals surface area (Å²) in [6, 6.07) is 1.65. The van der Waals surface area contributed by atoms with Gasteiger partial charge in [-0.2, -0.15) is 4.98 Å². The van der Waals surface area contributed by atoms with Crippen LogP contribution in [0.3, 0.4) is 0 Å². The van der Waals surface area contributed by atoms with Crippen LogP contribution in [0.4, 0.5) is 5.95 Å². The third-order valence-electron chi connectivity index (χ3n) is 2.01. The lowest BCUT2D eigenvalue weighted by atomic mass is 9.92. The summed E-state index contributed by atoms with van der Waals surface area (Å²) in [6.07, 6.45) is 2.74. The van der Waals surface area contributed by atoms with Gasteiger partial charge >= 0.3 is 0 Å². The van der Waals surface area contributed by atoms with Crippen LogP contribution >= 0.6 is 0 Å². The number of aliphatic hydroxyl groups excluding tert-OH is 1. The van der Waals surface area contributed by atoms with E-state index < -0.39 is 0 Å². The summed E-state index contributed by atoms with van der Waals surface area (Å²) in [6.45, 7) is 0. The summed E-state index contributed by atoms with van der Waals surface area (Å²) in [5, 5.41) is 9.01. The largest absolute Gasteiger partial charge is 0.474 e. The van der Waals surface area contributed by atoms with Gasteiger partial charge in [0.2, 0.25) is 11.8 Å². The predicted octanol–water partition coefficient (Wildman–Crippen LogP) is -0.0391. The monoisotopic (exact) mass is 181 g/mol. The summed E-state index contributed by atoms with van der Waals surface area (Å²) in [5.74, 6) is 0.682. The number of nitrogen functional groups attached to an aromatic ring is 1. The number of aromatic nitrogens is 2. The lowest BCUT2D eigenvalue weighted by Gasteiger charge is -2.30. The maximum Gasteiger partial charge on any atom is 0.223 e. The van der Waals surface area contributed by atoms with Gasteiger partial charge in [-0.3, -0.25) is 0 Å². The first kappa shape index (κ1) is 8.25. The standard InChI is InChI=1S/C8H11N3O2/c9-8-10-2-1-7(11-8)13-6-3-5(12)4-6/h1-2,5-6,12H,3-4H2,(H2,9,10,11)/t5-,6-. The van der Waals surface area contributed by atoms with Crippen molar-refractivity contribution >= 4 is 5.95 Å². The molecule has 0 radical (unpaired) electrons. The first-order chi connectivity index (χ1) is 6.24. The Morgan fingerprint density at radius 1 is 1.54 bits per heavy atom. The van der Waals surface area contributed by atoms with E-state index in [0.29, 0.717) is 18.7 Å². The number of aliphatic hydroxyl groups is 1. The van der Waals surface area contributed by atoms with E-state index in [9.17, 15) is 0 Å². The molecule has 13 heavy (non-hydrogen) atoms. The van der Waals surface area contributed by atoms with Crippen molar-refractivity contribution < 1.29 is 9.84 Å². The van der Waals surface area contributed by atoms with Crippen molar-refractivity contribution in [1.29, 1.82) is 0 Å². The van der Waals surface area contributed by atoms with Crippen molar-refractivity contribution in [3.8, 4) is 5.88 Å². The van der Waals surface area contributed by atoms with Gasteiger partial charge in [-0.1, -0.05) is 0 Å². The van der Waals surface area contributed by atoms with Gasteiger partial charge in [-0.25, -0.2) is 4.98 Å². The summed E-state index contributed by atoms with van der Waals surface area (Å²) >= 11 is 0. The Balaban J connectivity index is 1.94. The summed E-state index contributed by atoms with van der Waals surface area (Å²) < 4.78 is 5.41. The van der Waals surface area contributed by atoms with Gasteiger partial charge in [-0.15, -0.1) is 0 Å². The van der Waals surface area contributed by atoms with Crippen LogP contribution in [0.5, 0.6) is 5.88 Å². The normalized spacial score (nSPS) is 26.5. The summed E-state index contributed by atoms with van der Waals surface area (Å²) in [7, 11) is 0. The van der Waals surface area contributed by atoms with Crippen LogP contribution in [0.1, 0.15) is 12.8 Å². The van der Waals surface area contributed by atoms with Crippen LogP contribution in [0.25, 0.3) is 0 Å². The highest BCUT2D eigenvalue weighted by atomic mass is 16.5. The van der Waals surface area contributed by atoms with E-state index in [1.807, 2.05) is 0 Å². The Morgan fingerprint density at radius 2 is 2.31 bits per heavy atom. The van der Waals surface area contributed by atoms with Gasteiger partial charge in [0, 0.05) is 25.1 Å². The fourth-order valence-electron chi connectivity index (χ4n) is 1.23. The number of hydrogen-bond donors (Lipinski definition) is 2. The fraction of sp³-hybridized carbons (Fsp3) is 0.500. The van der Waals surface area contributed by atoms with Gasteiger partial charge in [0.25, 0.3) is 0 Å². The topological polar surface area (TPSA) is 81.3 Å². The molecule has 0 atom stereocenters. The van der Waals surface area contributed by atoms with Gasteiger partial charge < -0.3 is 15.6 Å². The Labute approximate surface area is 75.6 Å². The Bertz CT molecular complexity index is 299. The van der Waals surface area contributed by atoms with Crippen LogP contribution < -0.4 is 10.5 Å². The van der Waals surface area contributed by atoms with Crippen molar-refractivity contribution in [3.63, 3.8) is 0 Å². The molecule has 70 valence electrons. The summed E-state index contributed by atoms with van der Waals surface area (Å²) in [5.41, 5.74) is 5.37. The third kappa shape index (κ3) is 1.86. The number of hydrogen-bond acceptors (Lipinski definition) is 5. The Kier molecular flexibility index (Phi) is 2.02. The number of ether oxygens (including phenoxy) is 1. The summed E-state index contributed by atoms with van der Waals surface area (Å²) in [4.78, 5) is 7.63. The molecule has 1 aromatic rings. The van der Waals surface area contributed by atoms with Crippen LogP contribution in [0.2, 0.25) is 0 Å². The van der Waals surface area contributed by atoms with E-state index in [1.165, 1.54) is 0 Å². The van der Waals surface area contributed by atoms with Gasteiger partial charge in [0.1, 0.15) is 6.10 Å². The molecule has 1 saturated carbocycles. The zero-order valence-corrected chi connectivity index (χ0v) is 7.05. The molecule has 0 aliphatic heterocycles. The predicted molar refractivity (Wildman–Crippen MR) is 46.1 cm³/mol. The lowest BCUT2D eigenvalue weighted by Crippen LogP contribution is -2.37. The molecule has 3 N–H and O–H groups in total. The molecular weight excluding hydrogens is 170 g/mol. The van der Waals surface area contributed by atoms with E-state index in [1.54, 1.807) is 12.3 Å². The maximum absolute atomic E-state index is 9.01. The van der Waals surface area contributed by atoms with Crippen molar-refractivity contribution in [3.05, 3.63) is 12.3 Å². The van der Waals surface area contributed by atoms with Gasteiger partial charge in [-0.05, 0) is 0 Å². The average Bonchev–Trinajstić information content (AvgIpc) is 2.01. The molecule has 0 saturated heterocycles. The second-order valence-corrected chi connectivity index (χ2v) is 3.12. The molecule has 1 heterocycles. The molecule has 5 heteroatoms. The zero-order chi connectivity index (χ0) is 9.26. The number of anilines is 1. The molecule has 0 aromatic carbocycles. The second kappa shape index (κ2) is 3.18. The Morgan fingerprint density at radius 3 is 2.92 bits per heavy atom. The third-order valence-corrected chi connectivity index (χ3v) is 2.01. The molecule has 1 aromatic heterocycles. The maximum atomic E-state index is 9.01. The van der Waals surface area contributed by atoms with Crippen molar-refractivity contribution in [1.82, 2.24) is 9.97 Å². The van der Waals surface area contributed by atoms with Crippen LogP contribution in [-0.2, 0) is 0 Å². The number of nitrogens with zero attached hydrogens (tertiary/aromatic N) is 2. The molecule has 0 amide bonds. The zero-order valence-electron chi connectivity index (χ0n) is 7.05. The van der Waals surface area contributed by atoms with E-state index in [4.69, 9.17) is 15.6 Å². The quantitative estimate of drug-likeness (QED) is 0.669. The molecule has 0 spiro atoms. The molecular formula is C8H11N3O2. The van der Waals surface area contributed by atoms with Gasteiger partial charge in [0.05, 0.1) is 6.10 Å². The van der Waals surface area contributed by atoms with E-state index >= 15 is 0 Å². The van der Waals surface area contributed by atoms with Crippen LogP contribution in [0.15, 0.2) is 12.3 Å². The molecule has 1 aliphatic rings. The second-order valence-electron chi connectivity index (χ2n) is 3.12. The van der Waals surface area contributed by atoms with E-state index in [-0.39, 0.29) is 18.2 Å². The van der Waals surface area contributed by atoms with Crippen molar-refractivity contribution in [2.45, 2.75) is 25.0 Å². The Hall–Kier alpha value is -1.36. The van der Waals surface area contributed by atoms with Crippen molar-refractivity contribution in [2.24, 2.45) is 0 Å². The smallest absolute Gasteiger partial charge is 0.223 e. The molecule has 1 fully saturated rings. The highest BCUT2D eigenvalue weighted by molar-refractivity contribution is 5.21. The number of nitrogens with two attached hydrogens (primary N) is 1. The highest BCUT2D eigenvalue weighted by Gasteiger charge is 2.29. The van der Waals surface area contributed by atoms with Gasteiger partial charge in [0.15, 0.2) is 0 Å². The minimum Gasteiger partial charge on any atom is -0.474 e. The van der Waals surface area contributed by atoms with E-state index in [0.717, 1.165) is 0 Å². The number of rotatable bonds is 2. The molecule has 1 aliphatic carbocycles. The fourth-order valence-corrected chi connectivity index (χ4v) is 1.23. The first-order valence-electron chi connectivity index (χ1n) is 4.17. The van der Waals surface area contributed by atoms with Crippen LogP contribution in [0, 0.1) is 0 Å². The molecule has 5 nitrogen and oxygen atoms in total. The lowest BCUT2D eigenvalue weighted by molar-refractivity contribution is -0.0127. The molecule has 0 unspecified atom stereocenters. The van der Waals surface area contributed by atoms with Crippen molar-refractivity contribution in [2.75, 3.05) is 5.73 Å². The minimum absolute atomic E-state index is 0.0734. The molecule has 2 rings (SSSR count). The minimum atomic E-state index is -0.218. The molecule has 0 bridgehead atoms. The SMILES string of the molecule is Nc1nccc(O[C@H]2C[C@H](O)C2)n1. The average molecular weight is 181 g/mol. The highest BCUT2D eigenvalue weighted by Crippen LogP contribution is 2.24. The first-order valence-corrected chi connectivity index (χ1v) is 4.17. The van der Waals surface area contributed by atoms with Crippen LogP contribution in [-0.4, -0.2) is 27.3 Å². The van der Waals surface area contributed by atoms with E-state index in [2.05, 4.69) is 9.97 Å².